The summed E-state index contributed by atoms with van der Waals surface area (Å²) >= 11 is 0. The molecule has 0 aliphatic carbocycles. The highest BCUT2D eigenvalue weighted by atomic mass is 19.1. The molecule has 0 aromatic heterocycles. The maximum Gasteiger partial charge on any atom is 0.326 e. The maximum absolute atomic E-state index is 12.7. The van der Waals surface area contributed by atoms with Gasteiger partial charge >= 0.3 is 5.97 Å². The van der Waals surface area contributed by atoms with E-state index in [1.807, 2.05) is 0 Å². The summed E-state index contributed by atoms with van der Waals surface area (Å²) in [5.74, 6) is -1.59. The molecule has 1 aromatic rings. The van der Waals surface area contributed by atoms with Gasteiger partial charge in [-0.1, -0.05) is 12.1 Å². The van der Waals surface area contributed by atoms with Crippen LogP contribution in [0, 0.1) is 5.82 Å². The topological polar surface area (TPSA) is 57.6 Å². The van der Waals surface area contributed by atoms with Crippen LogP contribution in [0.5, 0.6) is 0 Å². The van der Waals surface area contributed by atoms with E-state index in [2.05, 4.69) is 0 Å². The third kappa shape index (κ3) is 3.84. The van der Waals surface area contributed by atoms with Crippen LogP contribution in [0.3, 0.4) is 0 Å². The Morgan fingerprint density at radius 3 is 2.39 bits per heavy atom. The summed E-state index contributed by atoms with van der Waals surface area (Å²) in [6.07, 6.45) is 0.676. The molecular weight excluding hydrogens is 237 g/mol. The highest BCUT2D eigenvalue weighted by Gasteiger charge is 2.21. The van der Waals surface area contributed by atoms with Crippen LogP contribution < -0.4 is 0 Å². The van der Waals surface area contributed by atoms with Crippen LogP contribution in [-0.4, -0.2) is 35.0 Å². The molecule has 98 valence electrons. The molecule has 18 heavy (non-hydrogen) atoms. The Labute approximate surface area is 105 Å². The first-order chi connectivity index (χ1) is 8.41. The molecule has 0 radical (unpaired) electrons. The molecule has 1 atom stereocenters. The van der Waals surface area contributed by atoms with E-state index >= 15 is 0 Å². The van der Waals surface area contributed by atoms with E-state index in [4.69, 9.17) is 5.11 Å². The fourth-order valence-electron chi connectivity index (χ4n) is 1.46. The first-order valence-electron chi connectivity index (χ1n) is 5.64. The van der Waals surface area contributed by atoms with Crippen molar-refractivity contribution < 1.29 is 19.1 Å². The van der Waals surface area contributed by atoms with Crippen LogP contribution in [-0.2, 0) is 16.0 Å². The minimum Gasteiger partial charge on any atom is -0.480 e. The summed E-state index contributed by atoms with van der Waals surface area (Å²) in [5.41, 5.74) is 0.848. The largest absolute Gasteiger partial charge is 0.480 e. The van der Waals surface area contributed by atoms with Gasteiger partial charge in [-0.05, 0) is 31.0 Å². The van der Waals surface area contributed by atoms with Gasteiger partial charge in [0.1, 0.15) is 11.9 Å². The van der Waals surface area contributed by atoms with Gasteiger partial charge in [-0.15, -0.1) is 0 Å². The average Bonchev–Trinajstić information content (AvgIpc) is 2.35. The number of nitrogens with zero attached hydrogens (tertiary/aromatic N) is 1. The van der Waals surface area contributed by atoms with E-state index in [1.54, 1.807) is 12.1 Å². The molecule has 1 unspecified atom stereocenters. The molecule has 1 N–H and O–H groups in total. The third-order valence-electron chi connectivity index (χ3n) is 2.87. The fraction of sp³-hybridized carbons (Fsp3) is 0.385. The minimum atomic E-state index is -1.03. The molecule has 5 heteroatoms. The number of carbonyl (C=O) groups excluding carboxylic acids is 1. The lowest BCUT2D eigenvalue weighted by Gasteiger charge is -2.21. The van der Waals surface area contributed by atoms with Gasteiger partial charge in [-0.2, -0.15) is 0 Å². The number of aliphatic carboxylic acids is 1. The lowest BCUT2D eigenvalue weighted by atomic mass is 10.1. The summed E-state index contributed by atoms with van der Waals surface area (Å²) in [5, 5.41) is 8.78. The van der Waals surface area contributed by atoms with Gasteiger partial charge in [0.05, 0.1) is 0 Å². The standard InChI is InChI=1S/C13H16FNO3/c1-9(13(17)18)15(2)12(16)8-5-10-3-6-11(14)7-4-10/h3-4,6-7,9H,5,8H2,1-2H3,(H,17,18). The quantitative estimate of drug-likeness (QED) is 0.868. The van der Waals surface area contributed by atoms with Gasteiger partial charge in [-0.3, -0.25) is 4.79 Å². The van der Waals surface area contributed by atoms with Gasteiger partial charge in [0.2, 0.25) is 5.91 Å². The van der Waals surface area contributed by atoms with Gasteiger partial charge in [0, 0.05) is 13.5 Å². The molecule has 0 saturated heterocycles. The van der Waals surface area contributed by atoms with Crippen molar-refractivity contribution >= 4 is 11.9 Å². The van der Waals surface area contributed by atoms with Crippen LogP contribution in [0.15, 0.2) is 24.3 Å². The number of rotatable bonds is 5. The van der Waals surface area contributed by atoms with Crippen molar-refractivity contribution in [2.24, 2.45) is 0 Å². The number of amides is 1. The van der Waals surface area contributed by atoms with Gasteiger partial charge in [-0.25, -0.2) is 9.18 Å². The molecule has 0 heterocycles. The van der Waals surface area contributed by atoms with Gasteiger partial charge in [0.25, 0.3) is 0 Å². The number of aryl methyl sites for hydroxylation is 1. The number of benzene rings is 1. The Bertz CT molecular complexity index is 430. The second kappa shape index (κ2) is 6.14. The smallest absolute Gasteiger partial charge is 0.326 e. The van der Waals surface area contributed by atoms with Crippen LogP contribution >= 0.6 is 0 Å². The Hall–Kier alpha value is -1.91. The van der Waals surface area contributed by atoms with Crippen molar-refractivity contribution in [2.45, 2.75) is 25.8 Å². The van der Waals surface area contributed by atoms with Gasteiger partial charge < -0.3 is 10.0 Å². The number of likely N-dealkylation sites (N-methyl/N-ethyl adjacent to an activating group) is 1. The Kier molecular flexibility index (Phi) is 4.83. The first kappa shape index (κ1) is 14.2. The van der Waals surface area contributed by atoms with Crippen molar-refractivity contribution in [3.63, 3.8) is 0 Å². The van der Waals surface area contributed by atoms with Crippen LogP contribution in [0.4, 0.5) is 4.39 Å². The zero-order valence-electron chi connectivity index (χ0n) is 10.4. The Morgan fingerprint density at radius 2 is 1.89 bits per heavy atom. The number of halogens is 1. The van der Waals surface area contributed by atoms with Crippen molar-refractivity contribution in [2.75, 3.05) is 7.05 Å². The minimum absolute atomic E-state index is 0.208. The molecule has 1 rings (SSSR count). The highest BCUT2D eigenvalue weighted by Crippen LogP contribution is 2.07. The lowest BCUT2D eigenvalue weighted by Crippen LogP contribution is -2.40. The number of carboxylic acid groups (broad SMARTS) is 1. The van der Waals surface area contributed by atoms with E-state index in [1.165, 1.54) is 31.0 Å². The third-order valence-corrected chi connectivity index (χ3v) is 2.87. The van der Waals surface area contributed by atoms with Crippen molar-refractivity contribution in [1.82, 2.24) is 4.90 Å². The molecular formula is C13H16FNO3. The number of carboxylic acids is 1. The SMILES string of the molecule is CC(C(=O)O)N(C)C(=O)CCc1ccc(F)cc1. The van der Waals surface area contributed by atoms with Gasteiger partial charge in [0.15, 0.2) is 0 Å². The second-order valence-corrected chi connectivity index (χ2v) is 4.15. The average molecular weight is 253 g/mol. The molecule has 0 saturated carbocycles. The Morgan fingerprint density at radius 1 is 1.33 bits per heavy atom. The van der Waals surface area contributed by atoms with Crippen LogP contribution in [0.25, 0.3) is 0 Å². The Balaban J connectivity index is 2.50. The molecule has 0 bridgehead atoms. The van der Waals surface area contributed by atoms with E-state index in [9.17, 15) is 14.0 Å². The normalized spacial score (nSPS) is 11.9. The molecule has 0 aliphatic rings. The van der Waals surface area contributed by atoms with Crippen molar-refractivity contribution in [1.29, 1.82) is 0 Å². The first-order valence-corrected chi connectivity index (χ1v) is 5.64. The second-order valence-electron chi connectivity index (χ2n) is 4.15. The number of hydrogen-bond acceptors (Lipinski definition) is 2. The highest BCUT2D eigenvalue weighted by molar-refractivity contribution is 5.83. The molecule has 0 aliphatic heterocycles. The zero-order chi connectivity index (χ0) is 13.7. The van der Waals surface area contributed by atoms with Crippen LogP contribution in [0.1, 0.15) is 18.9 Å². The predicted octanol–water partition coefficient (Wildman–Crippen LogP) is 1.69. The molecule has 0 spiro atoms. The lowest BCUT2D eigenvalue weighted by molar-refractivity contribution is -0.148. The number of carbonyl (C=O) groups is 2. The van der Waals surface area contributed by atoms with Crippen LogP contribution in [0.2, 0.25) is 0 Å². The fourth-order valence-corrected chi connectivity index (χ4v) is 1.46. The summed E-state index contributed by atoms with van der Waals surface area (Å²) in [6, 6.07) is 5.06. The molecule has 1 amide bonds. The van der Waals surface area contributed by atoms with E-state index < -0.39 is 12.0 Å². The summed E-state index contributed by atoms with van der Waals surface area (Å²) < 4.78 is 12.7. The van der Waals surface area contributed by atoms with E-state index in [-0.39, 0.29) is 18.1 Å². The molecule has 0 fully saturated rings. The predicted molar refractivity (Wildman–Crippen MR) is 64.6 cm³/mol. The van der Waals surface area contributed by atoms with E-state index in [0.717, 1.165) is 5.56 Å². The number of hydrogen-bond donors (Lipinski definition) is 1. The van der Waals surface area contributed by atoms with Crippen molar-refractivity contribution in [3.05, 3.63) is 35.6 Å². The summed E-state index contributed by atoms with van der Waals surface area (Å²) in [7, 11) is 1.46. The molecule has 4 nitrogen and oxygen atoms in total. The zero-order valence-corrected chi connectivity index (χ0v) is 10.4. The summed E-state index contributed by atoms with van der Waals surface area (Å²) in [6.45, 7) is 1.46. The van der Waals surface area contributed by atoms with Crippen molar-refractivity contribution in [3.8, 4) is 0 Å². The summed E-state index contributed by atoms with van der Waals surface area (Å²) in [4.78, 5) is 23.6. The van der Waals surface area contributed by atoms with E-state index in [0.29, 0.717) is 6.42 Å². The maximum atomic E-state index is 12.7. The monoisotopic (exact) mass is 253 g/mol. The molecule has 1 aromatic carbocycles.